The SMILES string of the molecule is CC(C)CCSCC[C@@H](C)N. The molecule has 0 saturated carbocycles. The first kappa shape index (κ1) is 11.3. The molecule has 0 radical (unpaired) electrons. The second-order valence-electron chi connectivity index (χ2n) is 3.56. The largest absolute Gasteiger partial charge is 0.328 e. The second kappa shape index (κ2) is 6.99. The van der Waals surface area contributed by atoms with Gasteiger partial charge in [0.25, 0.3) is 0 Å². The summed E-state index contributed by atoms with van der Waals surface area (Å²) >= 11 is 2.03. The van der Waals surface area contributed by atoms with Gasteiger partial charge in [0.1, 0.15) is 0 Å². The van der Waals surface area contributed by atoms with Crippen molar-refractivity contribution in [3.05, 3.63) is 0 Å². The van der Waals surface area contributed by atoms with Crippen LogP contribution in [0.2, 0.25) is 0 Å². The van der Waals surface area contributed by atoms with Crippen LogP contribution in [0.5, 0.6) is 0 Å². The fraction of sp³-hybridized carbons (Fsp3) is 1.00. The molecule has 0 aliphatic rings. The highest BCUT2D eigenvalue weighted by atomic mass is 32.2. The molecule has 0 bridgehead atoms. The maximum absolute atomic E-state index is 5.62. The molecule has 2 heteroatoms. The first-order valence-corrected chi connectivity index (χ1v) is 5.61. The molecular weight excluding hydrogens is 154 g/mol. The zero-order valence-electron chi connectivity index (χ0n) is 7.97. The number of hydrogen-bond acceptors (Lipinski definition) is 2. The van der Waals surface area contributed by atoms with Crippen molar-refractivity contribution in [3.8, 4) is 0 Å². The third-order valence-electron chi connectivity index (χ3n) is 1.56. The summed E-state index contributed by atoms with van der Waals surface area (Å²) in [5.41, 5.74) is 5.62. The molecule has 0 unspecified atom stereocenters. The van der Waals surface area contributed by atoms with Gasteiger partial charge >= 0.3 is 0 Å². The third-order valence-corrected chi connectivity index (χ3v) is 2.61. The lowest BCUT2D eigenvalue weighted by molar-refractivity contribution is 0.631. The van der Waals surface area contributed by atoms with Crippen molar-refractivity contribution in [1.82, 2.24) is 0 Å². The van der Waals surface area contributed by atoms with Gasteiger partial charge in [-0.2, -0.15) is 11.8 Å². The minimum absolute atomic E-state index is 0.376. The van der Waals surface area contributed by atoms with Crippen molar-refractivity contribution < 1.29 is 0 Å². The van der Waals surface area contributed by atoms with E-state index < -0.39 is 0 Å². The maximum atomic E-state index is 5.62. The monoisotopic (exact) mass is 175 g/mol. The zero-order chi connectivity index (χ0) is 8.69. The van der Waals surface area contributed by atoms with Gasteiger partial charge in [-0.15, -0.1) is 0 Å². The van der Waals surface area contributed by atoms with Gasteiger partial charge in [0.05, 0.1) is 0 Å². The highest BCUT2D eigenvalue weighted by molar-refractivity contribution is 7.99. The summed E-state index contributed by atoms with van der Waals surface area (Å²) in [5.74, 6) is 3.37. The molecule has 0 spiro atoms. The molecule has 0 amide bonds. The van der Waals surface area contributed by atoms with Crippen LogP contribution in [-0.2, 0) is 0 Å². The van der Waals surface area contributed by atoms with E-state index in [1.807, 2.05) is 11.8 Å². The molecule has 68 valence electrons. The van der Waals surface area contributed by atoms with Crippen LogP contribution in [0.15, 0.2) is 0 Å². The number of nitrogens with two attached hydrogens (primary N) is 1. The third kappa shape index (κ3) is 10.3. The summed E-state index contributed by atoms with van der Waals surface area (Å²) < 4.78 is 0. The Bertz CT molecular complexity index is 71.6. The lowest BCUT2D eigenvalue weighted by Crippen LogP contribution is -2.15. The van der Waals surface area contributed by atoms with Gasteiger partial charge in [-0.1, -0.05) is 13.8 Å². The Kier molecular flexibility index (Phi) is 7.18. The summed E-state index contributed by atoms with van der Waals surface area (Å²) in [6.07, 6.45) is 2.49. The molecule has 0 fully saturated rings. The molecule has 1 nitrogen and oxygen atoms in total. The van der Waals surface area contributed by atoms with Crippen LogP contribution in [0.25, 0.3) is 0 Å². The van der Waals surface area contributed by atoms with Crippen LogP contribution >= 0.6 is 11.8 Å². The van der Waals surface area contributed by atoms with Crippen LogP contribution < -0.4 is 5.73 Å². The van der Waals surface area contributed by atoms with Gasteiger partial charge in [0.15, 0.2) is 0 Å². The Morgan fingerprint density at radius 1 is 1.09 bits per heavy atom. The Labute approximate surface area is 75.1 Å². The highest BCUT2D eigenvalue weighted by Gasteiger charge is 1.96. The molecule has 0 aliphatic heterocycles. The maximum Gasteiger partial charge on any atom is 0.00183 e. The Balaban J connectivity index is 2.91. The average Bonchev–Trinajstić information content (AvgIpc) is 1.85. The van der Waals surface area contributed by atoms with Gasteiger partial charge in [-0.3, -0.25) is 0 Å². The van der Waals surface area contributed by atoms with Gasteiger partial charge < -0.3 is 5.73 Å². The van der Waals surface area contributed by atoms with Crippen LogP contribution in [-0.4, -0.2) is 17.5 Å². The number of rotatable bonds is 6. The number of hydrogen-bond donors (Lipinski definition) is 1. The van der Waals surface area contributed by atoms with Crippen LogP contribution in [0, 0.1) is 5.92 Å². The molecule has 1 atom stereocenters. The molecule has 0 aromatic carbocycles. The van der Waals surface area contributed by atoms with E-state index in [1.54, 1.807) is 0 Å². The van der Waals surface area contributed by atoms with Gasteiger partial charge in [-0.25, -0.2) is 0 Å². The predicted octanol–water partition coefficient (Wildman–Crippen LogP) is 2.50. The fourth-order valence-corrected chi connectivity index (χ4v) is 2.07. The molecule has 2 N–H and O–H groups in total. The highest BCUT2D eigenvalue weighted by Crippen LogP contribution is 2.09. The van der Waals surface area contributed by atoms with Crippen molar-refractivity contribution in [3.63, 3.8) is 0 Å². The van der Waals surface area contributed by atoms with E-state index >= 15 is 0 Å². The lowest BCUT2D eigenvalue weighted by atomic mass is 10.2. The summed E-state index contributed by atoms with van der Waals surface area (Å²) in [6, 6.07) is 0.376. The first-order chi connectivity index (χ1) is 5.13. The van der Waals surface area contributed by atoms with Crippen molar-refractivity contribution >= 4 is 11.8 Å². The van der Waals surface area contributed by atoms with Crippen molar-refractivity contribution in [2.45, 2.75) is 39.7 Å². The van der Waals surface area contributed by atoms with E-state index in [-0.39, 0.29) is 0 Å². The molecule has 0 aromatic heterocycles. The summed E-state index contributed by atoms with van der Waals surface area (Å²) in [4.78, 5) is 0. The summed E-state index contributed by atoms with van der Waals surface area (Å²) in [6.45, 7) is 6.61. The molecule has 0 rings (SSSR count). The van der Waals surface area contributed by atoms with Crippen molar-refractivity contribution in [2.75, 3.05) is 11.5 Å². The van der Waals surface area contributed by atoms with Crippen molar-refractivity contribution in [2.24, 2.45) is 11.7 Å². The molecule has 0 heterocycles. The molecule has 0 saturated heterocycles. The lowest BCUT2D eigenvalue weighted by Gasteiger charge is -2.05. The normalized spacial score (nSPS) is 13.9. The quantitative estimate of drug-likeness (QED) is 0.628. The molecule has 0 aliphatic carbocycles. The Morgan fingerprint density at radius 2 is 1.64 bits per heavy atom. The number of thioether (sulfide) groups is 1. The fourth-order valence-electron chi connectivity index (χ4n) is 0.690. The van der Waals surface area contributed by atoms with Gasteiger partial charge in [0, 0.05) is 6.04 Å². The van der Waals surface area contributed by atoms with Crippen LogP contribution in [0.4, 0.5) is 0 Å². The standard InChI is InChI=1S/C9H21NS/c1-8(2)4-6-11-7-5-9(3)10/h8-9H,4-7,10H2,1-3H3/t9-/m1/s1. The second-order valence-corrected chi connectivity index (χ2v) is 4.79. The molecule has 11 heavy (non-hydrogen) atoms. The van der Waals surface area contributed by atoms with Crippen molar-refractivity contribution in [1.29, 1.82) is 0 Å². The van der Waals surface area contributed by atoms with E-state index in [0.717, 1.165) is 12.3 Å². The van der Waals surface area contributed by atoms with E-state index in [0.29, 0.717) is 6.04 Å². The minimum Gasteiger partial charge on any atom is -0.328 e. The van der Waals surface area contributed by atoms with Gasteiger partial charge in [0.2, 0.25) is 0 Å². The van der Waals surface area contributed by atoms with Crippen LogP contribution in [0.3, 0.4) is 0 Å². The molecule has 0 aromatic rings. The first-order valence-electron chi connectivity index (χ1n) is 4.46. The average molecular weight is 175 g/mol. The summed E-state index contributed by atoms with van der Waals surface area (Å²) in [7, 11) is 0. The van der Waals surface area contributed by atoms with E-state index in [2.05, 4.69) is 20.8 Å². The van der Waals surface area contributed by atoms with E-state index in [1.165, 1.54) is 17.9 Å². The van der Waals surface area contributed by atoms with E-state index in [4.69, 9.17) is 5.73 Å². The minimum atomic E-state index is 0.376. The predicted molar refractivity (Wildman–Crippen MR) is 55.0 cm³/mol. The van der Waals surface area contributed by atoms with E-state index in [9.17, 15) is 0 Å². The van der Waals surface area contributed by atoms with Gasteiger partial charge in [-0.05, 0) is 37.2 Å². The summed E-state index contributed by atoms with van der Waals surface area (Å²) in [5, 5.41) is 0. The molecular formula is C9H21NS. The Hall–Kier alpha value is 0.310. The smallest absolute Gasteiger partial charge is 0.00183 e. The Morgan fingerprint density at radius 3 is 2.09 bits per heavy atom. The zero-order valence-corrected chi connectivity index (χ0v) is 8.79. The topological polar surface area (TPSA) is 26.0 Å². The van der Waals surface area contributed by atoms with Crippen LogP contribution in [0.1, 0.15) is 33.6 Å².